The predicted octanol–water partition coefficient (Wildman–Crippen LogP) is 4.03. The second-order valence-electron chi connectivity index (χ2n) is 4.20. The molecule has 0 amide bonds. The van der Waals surface area contributed by atoms with Crippen LogP contribution in [0.5, 0.6) is 0 Å². The summed E-state index contributed by atoms with van der Waals surface area (Å²) in [5, 5.41) is 0. The standard InChI is InChI=1S/C14H16/c1-9-7-11(3)13-6-5-10(2)14(13)12(4)8-9/h5-8H,1-4H3/i6+1,10+1. The van der Waals surface area contributed by atoms with Crippen LogP contribution in [0.1, 0.15) is 22.3 Å². The van der Waals surface area contributed by atoms with Crippen LogP contribution in [0.2, 0.25) is 0 Å². The highest BCUT2D eigenvalue weighted by Crippen LogP contribution is 2.32. The first-order chi connectivity index (χ1) is 6.59. The molecule has 72 valence electrons. The van der Waals surface area contributed by atoms with E-state index in [0.717, 1.165) is 0 Å². The molecule has 0 aliphatic heterocycles. The van der Waals surface area contributed by atoms with Gasteiger partial charge in [0.2, 0.25) is 0 Å². The summed E-state index contributed by atoms with van der Waals surface area (Å²) < 4.78 is 0. The summed E-state index contributed by atoms with van der Waals surface area (Å²) in [5.74, 6) is 0. The van der Waals surface area contributed by atoms with E-state index in [4.69, 9.17) is 0 Å². The third kappa shape index (κ3) is 1.31. The fourth-order valence-corrected chi connectivity index (χ4v) is 2.31. The summed E-state index contributed by atoms with van der Waals surface area (Å²) >= 11 is 0. The molecule has 0 N–H and O–H groups in total. The first-order valence-corrected chi connectivity index (χ1v) is 5.07. The molecular formula is C14H16. The van der Waals surface area contributed by atoms with Gasteiger partial charge in [0, 0.05) is 0 Å². The highest BCUT2D eigenvalue weighted by molar-refractivity contribution is 5.76. The van der Waals surface area contributed by atoms with Crippen molar-refractivity contribution in [3.05, 3.63) is 46.5 Å². The van der Waals surface area contributed by atoms with E-state index in [1.54, 1.807) is 0 Å². The lowest BCUT2D eigenvalue weighted by Gasteiger charge is -2.01. The van der Waals surface area contributed by atoms with Crippen LogP contribution in [0, 0.1) is 27.7 Å². The average Bonchev–Trinajstić information content (AvgIpc) is 2.41. The molecule has 0 fully saturated rings. The van der Waals surface area contributed by atoms with Gasteiger partial charge in [-0.05, 0) is 55.5 Å². The summed E-state index contributed by atoms with van der Waals surface area (Å²) in [4.78, 5) is 0. The van der Waals surface area contributed by atoms with Gasteiger partial charge < -0.3 is 0 Å². The maximum absolute atomic E-state index is 2.27. The lowest BCUT2D eigenvalue weighted by atomic mass is 10.1. The molecule has 0 unspecified atom stereocenters. The minimum Gasteiger partial charge on any atom is -0.0581 e. The highest BCUT2D eigenvalue weighted by atomic mass is 14.5. The zero-order valence-corrected chi connectivity index (χ0v) is 9.31. The van der Waals surface area contributed by atoms with Crippen LogP contribution in [0.4, 0.5) is 0 Å². The van der Waals surface area contributed by atoms with E-state index in [-0.39, 0.29) is 0 Å². The van der Waals surface area contributed by atoms with Gasteiger partial charge in [-0.25, -0.2) is 0 Å². The van der Waals surface area contributed by atoms with Gasteiger partial charge in [0.1, 0.15) is 0 Å². The minimum absolute atomic E-state index is 1.34. The zero-order valence-electron chi connectivity index (χ0n) is 9.31. The quantitative estimate of drug-likeness (QED) is 0.582. The third-order valence-corrected chi connectivity index (χ3v) is 2.87. The van der Waals surface area contributed by atoms with E-state index < -0.39 is 0 Å². The van der Waals surface area contributed by atoms with Crippen LogP contribution in [0.25, 0.3) is 11.1 Å². The van der Waals surface area contributed by atoms with Gasteiger partial charge in [-0.2, -0.15) is 0 Å². The molecule has 0 heteroatoms. The maximum Gasteiger partial charge on any atom is -0.0123 e. The second-order valence-corrected chi connectivity index (χ2v) is 4.20. The molecule has 2 rings (SSSR count). The number of aryl methyl sites for hydroxylation is 4. The molecule has 2 aliphatic carbocycles. The fraction of sp³-hybridized carbons (Fsp3) is 0.286. The van der Waals surface area contributed by atoms with Gasteiger partial charge in [0.25, 0.3) is 0 Å². The van der Waals surface area contributed by atoms with Crippen molar-refractivity contribution < 1.29 is 0 Å². The molecular weight excluding hydrogens is 170 g/mol. The zero-order chi connectivity index (χ0) is 10.3. The molecule has 0 aromatic heterocycles. The number of fused-ring (bicyclic) bond motifs is 1. The summed E-state index contributed by atoms with van der Waals surface area (Å²) in [6.07, 6.45) is 0. The van der Waals surface area contributed by atoms with Crippen molar-refractivity contribution in [2.45, 2.75) is 27.7 Å². The molecule has 0 saturated carbocycles. The Balaban J connectivity index is 2.88. The molecule has 0 aromatic rings. The summed E-state index contributed by atoms with van der Waals surface area (Å²) in [7, 11) is 0. The lowest BCUT2D eigenvalue weighted by molar-refractivity contribution is 1.41. The Labute approximate surface area is 85.9 Å². The van der Waals surface area contributed by atoms with Gasteiger partial charge in [0.15, 0.2) is 0 Å². The van der Waals surface area contributed by atoms with Gasteiger partial charge in [-0.1, -0.05) is 29.8 Å². The molecule has 0 aromatic carbocycles. The monoisotopic (exact) mass is 186 g/mol. The van der Waals surface area contributed by atoms with Gasteiger partial charge >= 0.3 is 0 Å². The molecule has 14 heavy (non-hydrogen) atoms. The van der Waals surface area contributed by atoms with Crippen LogP contribution < -0.4 is 0 Å². The third-order valence-electron chi connectivity index (χ3n) is 2.87. The number of hydrogen-bond donors (Lipinski definition) is 0. The van der Waals surface area contributed by atoms with Crippen LogP contribution >= 0.6 is 0 Å². The molecule has 0 bridgehead atoms. The van der Waals surface area contributed by atoms with Crippen LogP contribution in [0.3, 0.4) is 0 Å². The van der Waals surface area contributed by atoms with E-state index in [9.17, 15) is 0 Å². The largest absolute Gasteiger partial charge is 0.0581 e. The van der Waals surface area contributed by atoms with Gasteiger partial charge in [0.05, 0.1) is 0 Å². The Morgan fingerprint density at radius 1 is 0.714 bits per heavy atom. The Bertz CT molecular complexity index is 452. The average molecular weight is 186 g/mol. The molecule has 0 atom stereocenters. The fourth-order valence-electron chi connectivity index (χ4n) is 2.31. The minimum atomic E-state index is 1.34. The first-order valence-electron chi connectivity index (χ1n) is 5.07. The van der Waals surface area contributed by atoms with Crippen molar-refractivity contribution >= 4 is 0 Å². The maximum atomic E-state index is 2.27. The molecule has 0 nitrogen and oxygen atoms in total. The molecule has 0 spiro atoms. The smallest absolute Gasteiger partial charge is 0.0123 e. The SMILES string of the molecule is Cc1cc(C)c2[13cH]c[13c](C)c-2c(C)c1. The van der Waals surface area contributed by atoms with E-state index in [1.807, 2.05) is 0 Å². The Morgan fingerprint density at radius 3 is 2.07 bits per heavy atom. The van der Waals surface area contributed by atoms with E-state index in [2.05, 4.69) is 52.0 Å². The van der Waals surface area contributed by atoms with Crippen LogP contribution in [0.15, 0.2) is 24.3 Å². The van der Waals surface area contributed by atoms with Crippen molar-refractivity contribution in [3.63, 3.8) is 0 Å². The van der Waals surface area contributed by atoms with Crippen molar-refractivity contribution in [3.8, 4) is 11.1 Å². The van der Waals surface area contributed by atoms with Crippen molar-refractivity contribution in [2.75, 3.05) is 0 Å². The van der Waals surface area contributed by atoms with Gasteiger partial charge in [-0.15, -0.1) is 0 Å². The van der Waals surface area contributed by atoms with Crippen LogP contribution in [-0.4, -0.2) is 0 Å². The number of rotatable bonds is 0. The van der Waals surface area contributed by atoms with E-state index >= 15 is 0 Å². The van der Waals surface area contributed by atoms with Crippen molar-refractivity contribution in [1.82, 2.24) is 0 Å². The Morgan fingerprint density at radius 2 is 1.36 bits per heavy atom. The highest BCUT2D eigenvalue weighted by Gasteiger charge is 2.10. The van der Waals surface area contributed by atoms with Crippen LogP contribution in [-0.2, 0) is 0 Å². The van der Waals surface area contributed by atoms with E-state index in [1.165, 1.54) is 33.4 Å². The first kappa shape index (κ1) is 9.26. The normalized spacial score (nSPS) is 10.9. The number of hydrogen-bond acceptors (Lipinski definition) is 0. The topological polar surface area (TPSA) is 0 Å². The predicted molar refractivity (Wildman–Crippen MR) is 62.0 cm³/mol. The molecule has 0 saturated heterocycles. The Kier molecular flexibility index (Phi) is 2.07. The summed E-state index contributed by atoms with van der Waals surface area (Å²) in [5.41, 5.74) is 8.31. The molecule has 0 heterocycles. The summed E-state index contributed by atoms with van der Waals surface area (Å²) in [6.45, 7) is 8.73. The summed E-state index contributed by atoms with van der Waals surface area (Å²) in [6, 6.07) is 8.96. The molecule has 2 aliphatic rings. The second kappa shape index (κ2) is 3.13. The van der Waals surface area contributed by atoms with E-state index in [0.29, 0.717) is 0 Å². The van der Waals surface area contributed by atoms with Crippen molar-refractivity contribution in [2.24, 2.45) is 0 Å². The van der Waals surface area contributed by atoms with Gasteiger partial charge in [-0.3, -0.25) is 0 Å². The van der Waals surface area contributed by atoms with Crippen molar-refractivity contribution in [1.29, 1.82) is 0 Å². The lowest BCUT2D eigenvalue weighted by Crippen LogP contribution is -1.79. The molecule has 0 radical (unpaired) electrons. The Hall–Kier alpha value is -1.30.